The molecule has 1 heterocycles. The van der Waals surface area contributed by atoms with Gasteiger partial charge in [-0.25, -0.2) is 0 Å². The molecule has 1 atom stereocenters. The number of hydrogen-bond acceptors (Lipinski definition) is 2. The second-order valence-electron chi connectivity index (χ2n) is 5.73. The Morgan fingerprint density at radius 1 is 1.19 bits per heavy atom. The van der Waals surface area contributed by atoms with Crippen molar-refractivity contribution in [1.82, 2.24) is 10.2 Å². The van der Waals surface area contributed by atoms with E-state index in [9.17, 15) is 0 Å². The number of hydrogen-bond donors (Lipinski definition) is 1. The van der Waals surface area contributed by atoms with Crippen molar-refractivity contribution in [3.05, 3.63) is 0 Å². The quantitative estimate of drug-likeness (QED) is 0.717. The normalized spacial score (nSPS) is 21.9. The molecule has 1 unspecified atom stereocenters. The first-order chi connectivity index (χ1) is 7.70. The Bertz CT molecular complexity index is 176. The molecule has 0 aromatic heterocycles. The minimum atomic E-state index is 0.545. The minimum Gasteiger partial charge on any atom is -0.304 e. The summed E-state index contributed by atoms with van der Waals surface area (Å²) in [6, 6.07) is 0. The van der Waals surface area contributed by atoms with Gasteiger partial charge in [0, 0.05) is 19.8 Å². The van der Waals surface area contributed by atoms with Crippen LogP contribution in [0, 0.1) is 5.41 Å². The van der Waals surface area contributed by atoms with Crippen LogP contribution in [0.4, 0.5) is 0 Å². The van der Waals surface area contributed by atoms with Crippen LogP contribution in [0.5, 0.6) is 0 Å². The Balaban J connectivity index is 2.40. The van der Waals surface area contributed by atoms with Gasteiger partial charge < -0.3 is 5.32 Å². The van der Waals surface area contributed by atoms with Gasteiger partial charge in [-0.1, -0.05) is 40.0 Å². The Kier molecular flexibility index (Phi) is 6.37. The van der Waals surface area contributed by atoms with Gasteiger partial charge in [0.1, 0.15) is 0 Å². The van der Waals surface area contributed by atoms with Gasteiger partial charge in [0.15, 0.2) is 0 Å². The molecule has 96 valence electrons. The van der Waals surface area contributed by atoms with Crippen LogP contribution in [0.3, 0.4) is 0 Å². The molecule has 1 aliphatic heterocycles. The first kappa shape index (κ1) is 14.0. The zero-order chi connectivity index (χ0) is 11.9. The highest BCUT2D eigenvalue weighted by molar-refractivity contribution is 4.79. The van der Waals surface area contributed by atoms with Crippen molar-refractivity contribution < 1.29 is 0 Å². The van der Waals surface area contributed by atoms with Gasteiger partial charge in [-0.15, -0.1) is 0 Å². The molecule has 0 aromatic carbocycles. The molecular weight excluding hydrogens is 196 g/mol. The van der Waals surface area contributed by atoms with Gasteiger partial charge in [0.2, 0.25) is 0 Å². The van der Waals surface area contributed by atoms with E-state index in [1.807, 2.05) is 0 Å². The smallest absolute Gasteiger partial charge is 0.0480 e. The first-order valence-corrected chi connectivity index (χ1v) is 7.13. The van der Waals surface area contributed by atoms with Crippen molar-refractivity contribution in [3.63, 3.8) is 0 Å². The lowest BCUT2D eigenvalue weighted by atomic mass is 9.80. The maximum Gasteiger partial charge on any atom is 0.0480 e. The second-order valence-corrected chi connectivity index (χ2v) is 5.73. The van der Waals surface area contributed by atoms with Crippen LogP contribution < -0.4 is 5.32 Å². The predicted molar refractivity (Wildman–Crippen MR) is 71.6 cm³/mol. The van der Waals surface area contributed by atoms with Gasteiger partial charge in [0.05, 0.1) is 0 Å². The molecule has 1 N–H and O–H groups in total. The van der Waals surface area contributed by atoms with E-state index >= 15 is 0 Å². The van der Waals surface area contributed by atoms with Gasteiger partial charge in [-0.05, 0) is 31.2 Å². The average Bonchev–Trinajstić information content (AvgIpc) is 2.28. The lowest BCUT2D eigenvalue weighted by Gasteiger charge is -2.37. The summed E-state index contributed by atoms with van der Waals surface area (Å²) in [6.45, 7) is 12.0. The van der Waals surface area contributed by atoms with Crippen LogP contribution in [0.15, 0.2) is 0 Å². The number of unbranched alkanes of at least 4 members (excludes halogenated alkanes) is 1. The summed E-state index contributed by atoms with van der Waals surface area (Å²) in [5.41, 5.74) is 0.545. The van der Waals surface area contributed by atoms with Crippen molar-refractivity contribution in [2.45, 2.75) is 59.3 Å². The lowest BCUT2D eigenvalue weighted by Crippen LogP contribution is -2.46. The largest absolute Gasteiger partial charge is 0.304 e. The molecule has 2 heteroatoms. The molecule has 0 aliphatic carbocycles. The van der Waals surface area contributed by atoms with E-state index in [2.05, 4.69) is 31.0 Å². The number of rotatable bonds is 7. The molecule has 1 saturated heterocycles. The van der Waals surface area contributed by atoms with E-state index in [-0.39, 0.29) is 0 Å². The molecule has 0 bridgehead atoms. The predicted octanol–water partition coefficient (Wildman–Crippen LogP) is 3.24. The van der Waals surface area contributed by atoms with Crippen molar-refractivity contribution in [1.29, 1.82) is 0 Å². The Hall–Kier alpha value is -0.0800. The Morgan fingerprint density at radius 2 is 2.00 bits per heavy atom. The van der Waals surface area contributed by atoms with Gasteiger partial charge in [0.25, 0.3) is 0 Å². The molecule has 0 spiro atoms. The van der Waals surface area contributed by atoms with E-state index in [0.717, 1.165) is 6.67 Å². The van der Waals surface area contributed by atoms with Gasteiger partial charge >= 0.3 is 0 Å². The maximum absolute atomic E-state index is 3.48. The minimum absolute atomic E-state index is 0.545. The fourth-order valence-corrected chi connectivity index (χ4v) is 2.91. The topological polar surface area (TPSA) is 15.3 Å². The molecule has 0 aromatic rings. The monoisotopic (exact) mass is 226 g/mol. The highest BCUT2D eigenvalue weighted by atomic mass is 15.2. The Morgan fingerprint density at radius 3 is 2.56 bits per heavy atom. The van der Waals surface area contributed by atoms with Crippen LogP contribution in [0.2, 0.25) is 0 Å². The molecule has 1 aliphatic rings. The number of nitrogens with zero attached hydrogens (tertiary/aromatic N) is 1. The molecular formula is C14H30N2. The van der Waals surface area contributed by atoms with E-state index in [4.69, 9.17) is 0 Å². The van der Waals surface area contributed by atoms with Gasteiger partial charge in [-0.2, -0.15) is 0 Å². The van der Waals surface area contributed by atoms with Crippen LogP contribution in [0.25, 0.3) is 0 Å². The highest BCUT2D eigenvalue weighted by Crippen LogP contribution is 2.31. The first-order valence-electron chi connectivity index (χ1n) is 7.13. The van der Waals surface area contributed by atoms with E-state index in [0.29, 0.717) is 5.41 Å². The Labute approximate surface area is 102 Å². The molecule has 0 saturated carbocycles. The number of nitrogens with one attached hydrogen (secondary N) is 1. The van der Waals surface area contributed by atoms with Crippen molar-refractivity contribution in [2.24, 2.45) is 5.41 Å². The zero-order valence-electron chi connectivity index (χ0n) is 11.5. The van der Waals surface area contributed by atoms with E-state index < -0.39 is 0 Å². The fraction of sp³-hybridized carbons (Fsp3) is 1.00. The summed E-state index contributed by atoms with van der Waals surface area (Å²) in [6.07, 6.45) is 8.13. The zero-order valence-corrected chi connectivity index (χ0v) is 11.5. The van der Waals surface area contributed by atoms with Crippen LogP contribution in [-0.2, 0) is 0 Å². The maximum atomic E-state index is 3.48. The summed E-state index contributed by atoms with van der Waals surface area (Å²) < 4.78 is 0. The molecule has 2 nitrogen and oxygen atoms in total. The summed E-state index contributed by atoms with van der Waals surface area (Å²) in [5, 5.41) is 3.48. The third-order valence-electron chi connectivity index (χ3n) is 3.76. The summed E-state index contributed by atoms with van der Waals surface area (Å²) in [5.74, 6) is 0. The fourth-order valence-electron chi connectivity index (χ4n) is 2.91. The van der Waals surface area contributed by atoms with Crippen LogP contribution >= 0.6 is 0 Å². The lowest BCUT2D eigenvalue weighted by molar-refractivity contribution is 0.116. The molecule has 0 amide bonds. The summed E-state index contributed by atoms with van der Waals surface area (Å²) >= 11 is 0. The summed E-state index contributed by atoms with van der Waals surface area (Å²) in [4.78, 5) is 2.61. The van der Waals surface area contributed by atoms with Crippen LogP contribution in [0.1, 0.15) is 59.3 Å². The van der Waals surface area contributed by atoms with Gasteiger partial charge in [-0.3, -0.25) is 4.90 Å². The average molecular weight is 226 g/mol. The third-order valence-corrected chi connectivity index (χ3v) is 3.76. The molecule has 1 rings (SSSR count). The van der Waals surface area contributed by atoms with Crippen molar-refractivity contribution in [3.8, 4) is 0 Å². The SMILES string of the molecule is CCCCC(C)(CCC)CN1CCCNC1. The van der Waals surface area contributed by atoms with Crippen molar-refractivity contribution in [2.75, 3.05) is 26.3 Å². The highest BCUT2D eigenvalue weighted by Gasteiger charge is 2.26. The second kappa shape index (κ2) is 7.29. The summed E-state index contributed by atoms with van der Waals surface area (Å²) in [7, 11) is 0. The molecule has 0 radical (unpaired) electrons. The standard InChI is InChI=1S/C14H30N2/c1-4-6-9-14(3,8-5-2)12-16-11-7-10-15-13-16/h15H,4-13H2,1-3H3. The van der Waals surface area contributed by atoms with Crippen molar-refractivity contribution >= 4 is 0 Å². The molecule has 16 heavy (non-hydrogen) atoms. The van der Waals surface area contributed by atoms with E-state index in [1.54, 1.807) is 0 Å². The van der Waals surface area contributed by atoms with Crippen LogP contribution in [-0.4, -0.2) is 31.2 Å². The third kappa shape index (κ3) is 4.84. The van der Waals surface area contributed by atoms with E-state index in [1.165, 1.54) is 58.2 Å². The molecule has 1 fully saturated rings.